The summed E-state index contributed by atoms with van der Waals surface area (Å²) in [5.74, 6) is -0.653. The number of rotatable bonds is 2. The average molecular weight is 189 g/mol. The maximum atomic E-state index is 12.2. The Balaban J connectivity index is 3.20. The van der Waals surface area contributed by atoms with Gasteiger partial charge in [-0.05, 0) is 6.07 Å². The SMILES string of the molecule is NCc1nc(N)c(C(F)F)cc1O. The van der Waals surface area contributed by atoms with Gasteiger partial charge in [-0.25, -0.2) is 13.8 Å². The predicted octanol–water partition coefficient (Wildman–Crippen LogP) is 0.766. The molecule has 0 unspecified atom stereocenters. The first-order chi connectivity index (χ1) is 6.06. The van der Waals surface area contributed by atoms with E-state index in [0.717, 1.165) is 6.07 Å². The van der Waals surface area contributed by atoms with Gasteiger partial charge in [-0.15, -0.1) is 0 Å². The lowest BCUT2D eigenvalue weighted by Crippen LogP contribution is -2.05. The third-order valence-corrected chi connectivity index (χ3v) is 1.57. The summed E-state index contributed by atoms with van der Waals surface area (Å²) < 4.78 is 24.4. The maximum Gasteiger partial charge on any atom is 0.267 e. The highest BCUT2D eigenvalue weighted by Gasteiger charge is 2.15. The minimum absolute atomic E-state index is 0.0421. The van der Waals surface area contributed by atoms with Gasteiger partial charge in [-0.2, -0.15) is 0 Å². The molecule has 1 heterocycles. The summed E-state index contributed by atoms with van der Waals surface area (Å²) in [6.45, 7) is -0.0421. The summed E-state index contributed by atoms with van der Waals surface area (Å²) in [5.41, 5.74) is 10.0. The highest BCUT2D eigenvalue weighted by molar-refractivity contribution is 5.46. The largest absolute Gasteiger partial charge is 0.506 e. The fourth-order valence-electron chi connectivity index (χ4n) is 0.897. The standard InChI is InChI=1S/C7H9F2N3O/c8-6(9)3-1-5(13)4(2-10)12-7(3)11/h1,6,13H,2,10H2,(H2,11,12). The van der Waals surface area contributed by atoms with Gasteiger partial charge in [0.25, 0.3) is 6.43 Å². The number of pyridine rings is 1. The number of halogens is 2. The van der Waals surface area contributed by atoms with Crippen LogP contribution in [0.5, 0.6) is 5.75 Å². The molecule has 0 aliphatic heterocycles. The van der Waals surface area contributed by atoms with Crippen molar-refractivity contribution >= 4 is 5.82 Å². The van der Waals surface area contributed by atoms with Crippen LogP contribution < -0.4 is 11.5 Å². The molecule has 0 amide bonds. The lowest BCUT2D eigenvalue weighted by molar-refractivity contribution is 0.151. The van der Waals surface area contributed by atoms with Crippen LogP contribution in [-0.4, -0.2) is 10.1 Å². The number of nitrogens with zero attached hydrogens (tertiary/aromatic N) is 1. The second kappa shape index (κ2) is 3.53. The van der Waals surface area contributed by atoms with Crippen molar-refractivity contribution < 1.29 is 13.9 Å². The number of aromatic nitrogens is 1. The number of nitrogen functional groups attached to an aromatic ring is 1. The van der Waals surface area contributed by atoms with Crippen molar-refractivity contribution in [1.29, 1.82) is 0 Å². The van der Waals surface area contributed by atoms with Crippen molar-refractivity contribution in [2.24, 2.45) is 5.73 Å². The van der Waals surface area contributed by atoms with Gasteiger partial charge in [0.05, 0.1) is 11.3 Å². The van der Waals surface area contributed by atoms with Crippen molar-refractivity contribution in [1.82, 2.24) is 4.98 Å². The van der Waals surface area contributed by atoms with E-state index < -0.39 is 12.0 Å². The summed E-state index contributed by atoms with van der Waals surface area (Å²) in [6.07, 6.45) is -2.75. The quantitative estimate of drug-likeness (QED) is 0.641. The second-order valence-electron chi connectivity index (χ2n) is 2.43. The number of aromatic hydroxyl groups is 1. The molecular weight excluding hydrogens is 180 g/mol. The van der Waals surface area contributed by atoms with Crippen LogP contribution >= 0.6 is 0 Å². The first kappa shape index (κ1) is 9.66. The Kier molecular flexibility index (Phi) is 2.62. The molecule has 0 aliphatic carbocycles. The van der Waals surface area contributed by atoms with E-state index >= 15 is 0 Å². The number of nitrogens with two attached hydrogens (primary N) is 2. The Morgan fingerprint density at radius 1 is 1.54 bits per heavy atom. The Bertz CT molecular complexity index is 317. The summed E-state index contributed by atoms with van der Waals surface area (Å²) in [4.78, 5) is 3.54. The molecule has 4 nitrogen and oxygen atoms in total. The van der Waals surface area contributed by atoms with Gasteiger partial charge >= 0.3 is 0 Å². The number of hydrogen-bond acceptors (Lipinski definition) is 4. The fourth-order valence-corrected chi connectivity index (χ4v) is 0.897. The van der Waals surface area contributed by atoms with E-state index in [-0.39, 0.29) is 23.8 Å². The summed E-state index contributed by atoms with van der Waals surface area (Å²) in [5, 5.41) is 9.13. The molecule has 0 fully saturated rings. The summed E-state index contributed by atoms with van der Waals surface area (Å²) in [6, 6.07) is 0.884. The molecule has 0 aromatic carbocycles. The number of anilines is 1. The first-order valence-electron chi connectivity index (χ1n) is 3.52. The molecule has 1 aromatic heterocycles. The van der Waals surface area contributed by atoms with Gasteiger partial charge < -0.3 is 16.6 Å². The zero-order valence-electron chi connectivity index (χ0n) is 6.67. The number of hydrogen-bond donors (Lipinski definition) is 3. The van der Waals surface area contributed by atoms with E-state index in [0.29, 0.717) is 0 Å². The smallest absolute Gasteiger partial charge is 0.267 e. The summed E-state index contributed by atoms with van der Waals surface area (Å²) in [7, 11) is 0. The van der Waals surface area contributed by atoms with E-state index in [1.165, 1.54) is 0 Å². The van der Waals surface area contributed by atoms with E-state index in [4.69, 9.17) is 16.6 Å². The fraction of sp³-hybridized carbons (Fsp3) is 0.286. The van der Waals surface area contributed by atoms with Crippen molar-refractivity contribution in [3.63, 3.8) is 0 Å². The molecular formula is C7H9F2N3O. The van der Waals surface area contributed by atoms with Gasteiger partial charge in [-0.3, -0.25) is 0 Å². The molecule has 0 saturated heterocycles. The van der Waals surface area contributed by atoms with Crippen LogP contribution in [0.4, 0.5) is 14.6 Å². The van der Waals surface area contributed by atoms with Crippen LogP contribution in [0.15, 0.2) is 6.07 Å². The molecule has 13 heavy (non-hydrogen) atoms. The Morgan fingerprint density at radius 2 is 2.15 bits per heavy atom. The summed E-state index contributed by atoms with van der Waals surface area (Å²) >= 11 is 0. The molecule has 0 bridgehead atoms. The normalized spacial score (nSPS) is 10.8. The zero-order chi connectivity index (χ0) is 10.0. The molecule has 0 spiro atoms. The van der Waals surface area contributed by atoms with Gasteiger partial charge in [0.1, 0.15) is 11.6 Å². The molecule has 0 radical (unpaired) electrons. The zero-order valence-corrected chi connectivity index (χ0v) is 6.67. The third kappa shape index (κ3) is 1.83. The Hall–Kier alpha value is -1.43. The molecule has 5 N–H and O–H groups in total. The molecule has 6 heteroatoms. The van der Waals surface area contributed by atoms with E-state index in [1.807, 2.05) is 0 Å². The average Bonchev–Trinajstić information content (AvgIpc) is 2.07. The van der Waals surface area contributed by atoms with Crippen LogP contribution in [0, 0.1) is 0 Å². The van der Waals surface area contributed by atoms with Gasteiger partial charge in [-0.1, -0.05) is 0 Å². The monoisotopic (exact) mass is 189 g/mol. The van der Waals surface area contributed by atoms with Crippen LogP contribution in [-0.2, 0) is 6.54 Å². The highest BCUT2D eigenvalue weighted by atomic mass is 19.3. The predicted molar refractivity (Wildman–Crippen MR) is 43.2 cm³/mol. The molecule has 0 saturated carbocycles. The van der Waals surface area contributed by atoms with E-state index in [1.54, 1.807) is 0 Å². The van der Waals surface area contributed by atoms with Crippen molar-refractivity contribution in [2.45, 2.75) is 13.0 Å². The molecule has 72 valence electrons. The lowest BCUT2D eigenvalue weighted by atomic mass is 10.2. The molecule has 1 rings (SSSR count). The lowest BCUT2D eigenvalue weighted by Gasteiger charge is -2.07. The minimum atomic E-state index is -2.75. The van der Waals surface area contributed by atoms with Crippen molar-refractivity contribution in [3.05, 3.63) is 17.3 Å². The third-order valence-electron chi connectivity index (χ3n) is 1.57. The first-order valence-corrected chi connectivity index (χ1v) is 3.52. The van der Waals surface area contributed by atoms with Gasteiger partial charge in [0.15, 0.2) is 0 Å². The van der Waals surface area contributed by atoms with Crippen LogP contribution in [0.3, 0.4) is 0 Å². The molecule has 1 aromatic rings. The Morgan fingerprint density at radius 3 is 2.62 bits per heavy atom. The molecule has 0 aliphatic rings. The van der Waals surface area contributed by atoms with Crippen molar-refractivity contribution in [3.8, 4) is 5.75 Å². The highest BCUT2D eigenvalue weighted by Crippen LogP contribution is 2.28. The Labute approximate surface area is 73.2 Å². The van der Waals surface area contributed by atoms with E-state index in [9.17, 15) is 8.78 Å². The second-order valence-corrected chi connectivity index (χ2v) is 2.43. The minimum Gasteiger partial charge on any atom is -0.506 e. The topological polar surface area (TPSA) is 85.2 Å². The molecule has 0 atom stereocenters. The number of alkyl halides is 2. The maximum absolute atomic E-state index is 12.2. The van der Waals surface area contributed by atoms with Crippen LogP contribution in [0.25, 0.3) is 0 Å². The van der Waals surface area contributed by atoms with Gasteiger partial charge in [0, 0.05) is 6.54 Å². The van der Waals surface area contributed by atoms with Crippen molar-refractivity contribution in [2.75, 3.05) is 5.73 Å². The van der Waals surface area contributed by atoms with Crippen LogP contribution in [0.2, 0.25) is 0 Å². The van der Waals surface area contributed by atoms with Crippen LogP contribution in [0.1, 0.15) is 17.7 Å². The van der Waals surface area contributed by atoms with E-state index in [2.05, 4.69) is 4.98 Å². The van der Waals surface area contributed by atoms with Gasteiger partial charge in [0.2, 0.25) is 0 Å².